The van der Waals surface area contributed by atoms with Gasteiger partial charge in [0.05, 0.1) is 13.7 Å². The molecular weight excluding hydrogens is 476 g/mol. The minimum absolute atomic E-state index is 0.0678. The number of benzene rings is 3. The molecule has 0 spiro atoms. The van der Waals surface area contributed by atoms with Crippen LogP contribution in [0, 0.1) is 0 Å². The van der Waals surface area contributed by atoms with Crippen molar-refractivity contribution in [2.24, 2.45) is 0 Å². The largest absolute Gasteiger partial charge is 0.497 e. The summed E-state index contributed by atoms with van der Waals surface area (Å²) in [7, 11) is 1.40. The molecule has 35 heavy (non-hydrogen) atoms. The second-order valence-electron chi connectivity index (χ2n) is 7.35. The third kappa shape index (κ3) is 10.6. The maximum Gasteiger partial charge on any atom is 0.422 e. The second kappa shape index (κ2) is 12.9. The molecule has 0 fully saturated rings. The lowest BCUT2D eigenvalue weighted by atomic mass is 10.1. The molecule has 1 unspecified atom stereocenters. The van der Waals surface area contributed by atoms with Crippen molar-refractivity contribution in [2.45, 2.75) is 25.0 Å². The topological polar surface area (TPSA) is 41.9 Å². The van der Waals surface area contributed by atoms with Crippen LogP contribution in [0.3, 0.4) is 0 Å². The fraction of sp³-hybridized carbons (Fsp3) is 0.280. The lowest BCUT2D eigenvalue weighted by Gasteiger charge is -2.28. The first-order chi connectivity index (χ1) is 16.5. The van der Waals surface area contributed by atoms with Crippen LogP contribution >= 0.6 is 0 Å². The molecular formula is C25H25F6NO3. The average molecular weight is 501 g/mol. The fourth-order valence-corrected chi connectivity index (χ4v) is 2.88. The van der Waals surface area contributed by atoms with Gasteiger partial charge in [0, 0.05) is 18.3 Å². The number of methoxy groups -OCH3 is 1. The quantitative estimate of drug-likeness (QED) is 0.371. The van der Waals surface area contributed by atoms with E-state index >= 15 is 0 Å². The summed E-state index contributed by atoms with van der Waals surface area (Å²) >= 11 is 0. The summed E-state index contributed by atoms with van der Waals surface area (Å²) in [6.45, 7) is -2.36. The molecule has 10 heteroatoms. The van der Waals surface area contributed by atoms with Crippen LogP contribution in [-0.2, 0) is 6.54 Å². The van der Waals surface area contributed by atoms with Gasteiger partial charge in [-0.2, -0.15) is 26.3 Å². The van der Waals surface area contributed by atoms with Gasteiger partial charge in [0.1, 0.15) is 11.5 Å². The Balaban J connectivity index is 0.000000625. The normalized spacial score (nSPS) is 12.2. The predicted molar refractivity (Wildman–Crippen MR) is 121 cm³/mol. The molecule has 0 heterocycles. The van der Waals surface area contributed by atoms with E-state index in [4.69, 9.17) is 4.74 Å². The van der Waals surface area contributed by atoms with Crippen LogP contribution in [0.4, 0.5) is 32.0 Å². The molecule has 0 aromatic heterocycles. The number of rotatable bonds is 8. The highest BCUT2D eigenvalue weighted by molar-refractivity contribution is 5.51. The third-order valence-electron chi connectivity index (χ3n) is 4.53. The van der Waals surface area contributed by atoms with E-state index in [2.05, 4.69) is 4.74 Å². The van der Waals surface area contributed by atoms with E-state index in [0.29, 0.717) is 17.0 Å². The Morgan fingerprint density at radius 2 is 1.37 bits per heavy atom. The molecule has 0 aliphatic carbocycles. The molecule has 0 amide bonds. The lowest BCUT2D eigenvalue weighted by molar-refractivity contribution is -0.200. The molecule has 0 saturated heterocycles. The molecule has 190 valence electrons. The van der Waals surface area contributed by atoms with Crippen LogP contribution in [0.2, 0.25) is 0 Å². The number of anilines is 1. The summed E-state index contributed by atoms with van der Waals surface area (Å²) in [6.07, 6.45) is -12.0. The van der Waals surface area contributed by atoms with Crippen molar-refractivity contribution in [2.75, 3.05) is 25.2 Å². The third-order valence-corrected chi connectivity index (χ3v) is 4.53. The van der Waals surface area contributed by atoms with Gasteiger partial charge in [0.15, 0.2) is 12.7 Å². The molecule has 1 atom stereocenters. The number of aliphatic hydroxyl groups excluding tert-OH is 1. The summed E-state index contributed by atoms with van der Waals surface area (Å²) in [5, 5.41) is 9.50. The molecule has 0 aliphatic rings. The highest BCUT2D eigenvalue weighted by Crippen LogP contribution is 2.28. The van der Waals surface area contributed by atoms with Crippen molar-refractivity contribution in [1.82, 2.24) is 0 Å². The number of alkyl halides is 6. The van der Waals surface area contributed by atoms with Crippen LogP contribution in [-0.4, -0.2) is 43.8 Å². The average Bonchev–Trinajstić information content (AvgIpc) is 2.83. The van der Waals surface area contributed by atoms with Gasteiger partial charge in [-0.05, 0) is 29.8 Å². The highest BCUT2D eigenvalue weighted by atomic mass is 19.4. The van der Waals surface area contributed by atoms with E-state index < -0.39 is 31.6 Å². The molecule has 0 saturated carbocycles. The minimum atomic E-state index is -4.82. The number of aliphatic hydroxyl groups is 1. The van der Waals surface area contributed by atoms with E-state index in [-0.39, 0.29) is 12.3 Å². The SMILES string of the molecule is COc1cccc(N(Cc2cccc(OCC(F)(F)F)c2)CC(O)C(F)(F)F)c1.c1ccccc1. The summed E-state index contributed by atoms with van der Waals surface area (Å²) in [6, 6.07) is 23.8. The zero-order chi connectivity index (χ0) is 25.9. The van der Waals surface area contributed by atoms with E-state index in [9.17, 15) is 31.4 Å². The Labute approximate surface area is 199 Å². The van der Waals surface area contributed by atoms with Gasteiger partial charge in [0.25, 0.3) is 0 Å². The van der Waals surface area contributed by atoms with E-state index in [1.54, 1.807) is 12.1 Å². The van der Waals surface area contributed by atoms with Crippen LogP contribution in [0.5, 0.6) is 11.5 Å². The highest BCUT2D eigenvalue weighted by Gasteiger charge is 2.39. The maximum absolute atomic E-state index is 12.9. The standard InChI is InChI=1S/C19H19F6NO3.C6H6/c1-28-15-6-3-5-14(9-15)26(11-17(27)19(23,24)25)10-13-4-2-7-16(8-13)29-12-18(20,21)22;1-2-4-6-5-3-1/h2-9,17,27H,10-12H2,1H3;1-6H. The lowest BCUT2D eigenvalue weighted by Crippen LogP contribution is -2.40. The van der Waals surface area contributed by atoms with Gasteiger partial charge in [-0.25, -0.2) is 0 Å². The van der Waals surface area contributed by atoms with Gasteiger partial charge in [-0.15, -0.1) is 0 Å². The van der Waals surface area contributed by atoms with Gasteiger partial charge in [-0.3, -0.25) is 0 Å². The smallest absolute Gasteiger partial charge is 0.422 e. The fourth-order valence-electron chi connectivity index (χ4n) is 2.88. The first-order valence-corrected chi connectivity index (χ1v) is 10.4. The van der Waals surface area contributed by atoms with E-state index in [0.717, 1.165) is 0 Å². The van der Waals surface area contributed by atoms with E-state index in [1.165, 1.54) is 48.4 Å². The Kier molecular flexibility index (Phi) is 10.3. The number of hydrogen-bond donors (Lipinski definition) is 1. The first-order valence-electron chi connectivity index (χ1n) is 10.4. The van der Waals surface area contributed by atoms with Crippen molar-refractivity contribution in [1.29, 1.82) is 0 Å². The Morgan fingerprint density at radius 1 is 0.800 bits per heavy atom. The molecule has 0 bridgehead atoms. The zero-order valence-corrected chi connectivity index (χ0v) is 18.8. The molecule has 1 N–H and O–H groups in total. The Morgan fingerprint density at radius 3 is 1.91 bits per heavy atom. The summed E-state index contributed by atoms with van der Waals surface area (Å²) < 4.78 is 85.3. The van der Waals surface area contributed by atoms with Gasteiger partial charge >= 0.3 is 12.4 Å². The van der Waals surface area contributed by atoms with Crippen molar-refractivity contribution in [3.05, 3.63) is 90.5 Å². The Bertz CT molecular complexity index is 985. The van der Waals surface area contributed by atoms with Gasteiger partial charge < -0.3 is 19.5 Å². The molecule has 0 radical (unpaired) electrons. The molecule has 3 aromatic rings. The minimum Gasteiger partial charge on any atom is -0.497 e. The van der Waals surface area contributed by atoms with Gasteiger partial charge in [-0.1, -0.05) is 54.6 Å². The second-order valence-corrected chi connectivity index (χ2v) is 7.35. The number of ether oxygens (including phenoxy) is 2. The summed E-state index contributed by atoms with van der Waals surface area (Å²) in [4.78, 5) is 1.25. The Hall–Kier alpha value is -3.40. The molecule has 0 aliphatic heterocycles. The predicted octanol–water partition coefficient (Wildman–Crippen LogP) is 6.25. The van der Waals surface area contributed by atoms with Gasteiger partial charge in [0.2, 0.25) is 0 Å². The van der Waals surface area contributed by atoms with Crippen LogP contribution in [0.1, 0.15) is 5.56 Å². The van der Waals surface area contributed by atoms with E-state index in [1.807, 2.05) is 36.4 Å². The monoisotopic (exact) mass is 501 g/mol. The first kappa shape index (κ1) is 27.8. The van der Waals surface area contributed by atoms with Crippen molar-refractivity contribution >= 4 is 5.69 Å². The van der Waals surface area contributed by atoms with Crippen LogP contribution < -0.4 is 14.4 Å². The van der Waals surface area contributed by atoms with Crippen molar-refractivity contribution in [3.63, 3.8) is 0 Å². The summed E-state index contributed by atoms with van der Waals surface area (Å²) in [5.74, 6) is 0.332. The van der Waals surface area contributed by atoms with Crippen LogP contribution in [0.15, 0.2) is 84.9 Å². The summed E-state index contributed by atoms with van der Waals surface area (Å²) in [5.41, 5.74) is 0.746. The number of nitrogens with zero attached hydrogens (tertiary/aromatic N) is 1. The molecule has 3 rings (SSSR count). The van der Waals surface area contributed by atoms with Crippen molar-refractivity contribution < 1.29 is 40.9 Å². The number of halogens is 6. The maximum atomic E-state index is 12.9. The molecule has 4 nitrogen and oxygen atoms in total. The number of hydrogen-bond acceptors (Lipinski definition) is 4. The zero-order valence-electron chi connectivity index (χ0n) is 18.8. The van der Waals surface area contributed by atoms with Crippen molar-refractivity contribution in [3.8, 4) is 11.5 Å². The molecule has 3 aromatic carbocycles. The van der Waals surface area contributed by atoms with Crippen LogP contribution in [0.25, 0.3) is 0 Å².